The number of methoxy groups -OCH3 is 1. The Hall–Kier alpha value is -2.87. The van der Waals surface area contributed by atoms with E-state index in [0.717, 1.165) is 11.4 Å². The summed E-state index contributed by atoms with van der Waals surface area (Å²) < 4.78 is 10.6. The van der Waals surface area contributed by atoms with Crippen LogP contribution in [0.3, 0.4) is 0 Å². The summed E-state index contributed by atoms with van der Waals surface area (Å²) in [5, 5.41) is 5.37. The number of hydrazone groups is 1. The number of hydrogen-bond acceptors (Lipinski definition) is 6. The molecular formula is C19H18ClN3O5. The molecule has 0 radical (unpaired) electrons. The third-order valence-electron chi connectivity index (χ3n) is 5.39. The highest BCUT2D eigenvalue weighted by molar-refractivity contribution is 6.31. The van der Waals surface area contributed by atoms with E-state index in [1.165, 1.54) is 25.5 Å². The molecule has 28 heavy (non-hydrogen) atoms. The van der Waals surface area contributed by atoms with Gasteiger partial charge >= 0.3 is 0 Å². The Morgan fingerprint density at radius 1 is 1.29 bits per heavy atom. The van der Waals surface area contributed by atoms with Gasteiger partial charge < -0.3 is 15.2 Å². The average Bonchev–Trinajstić information content (AvgIpc) is 3.33. The molecule has 4 unspecified atom stereocenters. The number of ether oxygens (including phenoxy) is 2. The molecule has 0 spiro atoms. The van der Waals surface area contributed by atoms with E-state index >= 15 is 0 Å². The Morgan fingerprint density at radius 2 is 1.93 bits per heavy atom. The van der Waals surface area contributed by atoms with Crippen LogP contribution in [0.2, 0.25) is 5.02 Å². The van der Waals surface area contributed by atoms with Crippen molar-refractivity contribution in [1.29, 1.82) is 0 Å². The van der Waals surface area contributed by atoms with Crippen LogP contribution in [0.25, 0.3) is 0 Å². The number of imide groups is 1. The molecule has 1 saturated carbocycles. The maximum absolute atomic E-state index is 12.7. The van der Waals surface area contributed by atoms with Gasteiger partial charge in [0.2, 0.25) is 0 Å². The highest BCUT2D eigenvalue weighted by Crippen LogP contribution is 2.52. The predicted octanol–water partition coefficient (Wildman–Crippen LogP) is 1.35. The number of rotatable bonds is 6. The van der Waals surface area contributed by atoms with E-state index in [4.69, 9.17) is 26.8 Å². The molecule has 1 saturated heterocycles. The maximum atomic E-state index is 12.7. The monoisotopic (exact) mass is 403 g/mol. The van der Waals surface area contributed by atoms with Gasteiger partial charge in [0.25, 0.3) is 17.7 Å². The third kappa shape index (κ3) is 2.93. The Bertz CT molecular complexity index is 898. The Labute approximate surface area is 165 Å². The largest absolute Gasteiger partial charge is 0.493 e. The van der Waals surface area contributed by atoms with E-state index in [1.54, 1.807) is 0 Å². The number of benzene rings is 1. The van der Waals surface area contributed by atoms with E-state index in [-0.39, 0.29) is 53.6 Å². The molecule has 2 fully saturated rings. The lowest BCUT2D eigenvalue weighted by Gasteiger charge is -2.14. The fourth-order valence-corrected chi connectivity index (χ4v) is 4.47. The van der Waals surface area contributed by atoms with Crippen LogP contribution in [0.5, 0.6) is 11.5 Å². The normalized spacial score (nSPS) is 27.7. The summed E-state index contributed by atoms with van der Waals surface area (Å²) in [5.74, 6) is -1.25. The summed E-state index contributed by atoms with van der Waals surface area (Å²) >= 11 is 6.10. The zero-order valence-corrected chi connectivity index (χ0v) is 15.8. The van der Waals surface area contributed by atoms with Crippen molar-refractivity contribution in [3.05, 3.63) is 34.9 Å². The van der Waals surface area contributed by atoms with Gasteiger partial charge in [-0.25, -0.2) is 0 Å². The summed E-state index contributed by atoms with van der Waals surface area (Å²) in [6.07, 6.45) is 6.18. The molecule has 3 aliphatic rings. The number of nitrogens with two attached hydrogens (primary N) is 1. The molecule has 2 aliphatic carbocycles. The molecule has 1 aliphatic heterocycles. The van der Waals surface area contributed by atoms with Gasteiger partial charge in [-0.3, -0.25) is 14.4 Å². The zero-order valence-electron chi connectivity index (χ0n) is 15.0. The smallest absolute Gasteiger partial charge is 0.255 e. The number of carbonyl (C=O) groups is 3. The third-order valence-corrected chi connectivity index (χ3v) is 5.60. The second kappa shape index (κ2) is 6.94. The van der Waals surface area contributed by atoms with Gasteiger partial charge in [-0.05, 0) is 24.3 Å². The van der Waals surface area contributed by atoms with Crippen LogP contribution in [0, 0.1) is 23.7 Å². The van der Waals surface area contributed by atoms with Crippen LogP contribution < -0.4 is 15.2 Å². The quantitative estimate of drug-likeness (QED) is 0.438. The lowest BCUT2D eigenvalue weighted by molar-refractivity contribution is -0.140. The lowest BCUT2D eigenvalue weighted by atomic mass is 9.85. The van der Waals surface area contributed by atoms with Crippen molar-refractivity contribution in [1.82, 2.24) is 5.01 Å². The molecular weight excluding hydrogens is 386 g/mol. The molecule has 1 heterocycles. The number of fused-ring (bicyclic) bond motifs is 5. The van der Waals surface area contributed by atoms with Crippen molar-refractivity contribution in [3.8, 4) is 11.5 Å². The fraction of sp³-hybridized carbons (Fsp3) is 0.368. The summed E-state index contributed by atoms with van der Waals surface area (Å²) in [6.45, 7) is -0.375. The Balaban J connectivity index is 1.63. The Morgan fingerprint density at radius 3 is 2.50 bits per heavy atom. The highest BCUT2D eigenvalue weighted by Gasteiger charge is 2.59. The first-order chi connectivity index (χ1) is 13.4. The first-order valence-electron chi connectivity index (χ1n) is 8.79. The minimum atomic E-state index is -0.666. The number of nitrogens with zero attached hydrogens (tertiary/aromatic N) is 2. The first kappa shape index (κ1) is 18.5. The fourth-order valence-electron chi connectivity index (χ4n) is 4.25. The van der Waals surface area contributed by atoms with Gasteiger partial charge in [0.1, 0.15) is 0 Å². The summed E-state index contributed by atoms with van der Waals surface area (Å²) in [7, 11) is 1.42. The van der Waals surface area contributed by atoms with Crippen LogP contribution in [-0.4, -0.2) is 42.7 Å². The van der Waals surface area contributed by atoms with E-state index in [9.17, 15) is 14.4 Å². The lowest BCUT2D eigenvalue weighted by Crippen LogP contribution is -2.28. The number of primary amides is 1. The van der Waals surface area contributed by atoms with Crippen LogP contribution in [0.4, 0.5) is 0 Å². The van der Waals surface area contributed by atoms with Gasteiger partial charge in [-0.1, -0.05) is 23.8 Å². The van der Waals surface area contributed by atoms with Crippen LogP contribution in [-0.2, 0) is 14.4 Å². The van der Waals surface area contributed by atoms with E-state index in [2.05, 4.69) is 5.10 Å². The minimum Gasteiger partial charge on any atom is -0.493 e. The van der Waals surface area contributed by atoms with Gasteiger partial charge in [0.05, 0.1) is 25.2 Å². The van der Waals surface area contributed by atoms with Crippen molar-refractivity contribution < 1.29 is 23.9 Å². The van der Waals surface area contributed by atoms with Crippen LogP contribution in [0.1, 0.15) is 12.0 Å². The molecule has 4 atom stereocenters. The Kier molecular flexibility index (Phi) is 4.58. The maximum Gasteiger partial charge on any atom is 0.255 e. The van der Waals surface area contributed by atoms with E-state index in [1.807, 2.05) is 12.2 Å². The number of halogens is 1. The summed E-state index contributed by atoms with van der Waals surface area (Å²) in [6, 6.07) is 3.04. The molecule has 0 aromatic heterocycles. The molecule has 2 bridgehead atoms. The van der Waals surface area contributed by atoms with Crippen molar-refractivity contribution in [2.45, 2.75) is 6.42 Å². The van der Waals surface area contributed by atoms with E-state index in [0.29, 0.717) is 10.6 Å². The van der Waals surface area contributed by atoms with Gasteiger partial charge in [-0.2, -0.15) is 10.1 Å². The minimum absolute atomic E-state index is 0.104. The summed E-state index contributed by atoms with van der Waals surface area (Å²) in [4.78, 5) is 36.5. The molecule has 4 rings (SSSR count). The molecule has 2 N–H and O–H groups in total. The number of amides is 3. The zero-order chi connectivity index (χ0) is 20.0. The highest BCUT2D eigenvalue weighted by atomic mass is 35.5. The summed E-state index contributed by atoms with van der Waals surface area (Å²) in [5.41, 5.74) is 5.49. The molecule has 1 aromatic rings. The molecule has 1 aromatic carbocycles. The number of allylic oxidation sites excluding steroid dienone is 2. The van der Waals surface area contributed by atoms with Crippen molar-refractivity contribution in [3.63, 3.8) is 0 Å². The first-order valence-corrected chi connectivity index (χ1v) is 9.17. The topological polar surface area (TPSA) is 111 Å². The van der Waals surface area contributed by atoms with Crippen molar-refractivity contribution >= 4 is 35.5 Å². The number of hydrogen-bond donors (Lipinski definition) is 1. The predicted molar refractivity (Wildman–Crippen MR) is 99.9 cm³/mol. The van der Waals surface area contributed by atoms with Crippen LogP contribution in [0.15, 0.2) is 29.4 Å². The van der Waals surface area contributed by atoms with Crippen molar-refractivity contribution in [2.24, 2.45) is 34.5 Å². The van der Waals surface area contributed by atoms with Crippen molar-refractivity contribution in [2.75, 3.05) is 13.7 Å². The van der Waals surface area contributed by atoms with E-state index < -0.39 is 5.91 Å². The standard InChI is InChI=1S/C19H18ClN3O5/c1-27-13-6-12(20)5-11(17(13)28-8-14(21)24)7-22-23-18(25)15-9-2-3-10(4-9)16(15)19(23)26/h2-3,5-7,9-10,15-16H,4,8H2,1H3,(H2,21,24). The molecule has 9 heteroatoms. The second-order valence-corrected chi connectivity index (χ2v) is 7.45. The SMILES string of the molecule is COc1cc(Cl)cc(C=NN2C(=O)C3C4C=CC(C4)C3C2=O)c1OCC(N)=O. The van der Waals surface area contributed by atoms with Gasteiger partial charge in [0.15, 0.2) is 18.1 Å². The second-order valence-electron chi connectivity index (χ2n) is 7.01. The molecule has 8 nitrogen and oxygen atoms in total. The molecule has 3 amide bonds. The molecule has 146 valence electrons. The van der Waals surface area contributed by atoms with Gasteiger partial charge in [0, 0.05) is 16.7 Å². The van der Waals surface area contributed by atoms with Crippen LogP contribution >= 0.6 is 11.6 Å². The average molecular weight is 404 g/mol. The van der Waals surface area contributed by atoms with Gasteiger partial charge in [-0.15, -0.1) is 0 Å². The number of carbonyl (C=O) groups excluding carboxylic acids is 3.